The van der Waals surface area contributed by atoms with Gasteiger partial charge in [-0.05, 0) is 61.4 Å². The number of aromatic nitrogens is 2. The molecule has 0 aliphatic carbocycles. The minimum atomic E-state index is -0.532. The largest absolute Gasteiger partial charge is 0.418 e. The number of hydrogen-bond acceptors (Lipinski definition) is 4. The van der Waals surface area contributed by atoms with Crippen molar-refractivity contribution in [2.75, 3.05) is 5.32 Å². The molecule has 0 bridgehead atoms. The van der Waals surface area contributed by atoms with Crippen LogP contribution in [0.5, 0.6) is 0 Å². The lowest BCUT2D eigenvalue weighted by Crippen LogP contribution is -2.14. The minimum absolute atomic E-state index is 0.283. The molecule has 0 saturated carbocycles. The topological polar surface area (TPSA) is 51.0 Å². The lowest BCUT2D eigenvalue weighted by molar-refractivity contribution is 0.494. The minimum Gasteiger partial charge on any atom is -0.418 e. The summed E-state index contributed by atoms with van der Waals surface area (Å²) >= 11 is 6.35. The first-order valence-corrected chi connectivity index (χ1v) is 9.56. The van der Waals surface area contributed by atoms with E-state index >= 15 is 0 Å². The molecule has 4 nitrogen and oxygen atoms in total. The molecule has 0 radical (unpaired) electrons. The van der Waals surface area contributed by atoms with Crippen LogP contribution in [0.3, 0.4) is 0 Å². The molecule has 1 unspecified atom stereocenters. The molecule has 0 saturated heterocycles. The van der Waals surface area contributed by atoms with Crippen LogP contribution in [0.25, 0.3) is 11.5 Å². The van der Waals surface area contributed by atoms with Crippen LogP contribution in [-0.4, -0.2) is 10.2 Å². The highest BCUT2D eigenvalue weighted by molar-refractivity contribution is 6.31. The summed E-state index contributed by atoms with van der Waals surface area (Å²) in [5.41, 5.74) is 4.68. The summed E-state index contributed by atoms with van der Waals surface area (Å²) in [6, 6.07) is 19.3. The fraction of sp³-hybridized carbons (Fsp3) is 0.130. The molecule has 1 aromatic heterocycles. The molecule has 1 N–H and O–H groups in total. The predicted octanol–water partition coefficient (Wildman–Crippen LogP) is 6.35. The maximum atomic E-state index is 13.6. The second-order valence-corrected chi connectivity index (χ2v) is 7.26. The standard InChI is InChI=1S/C23H19ClFN3O/c1-14-8-10-18(12-15(14)2)26-21(19-11-9-17(25)13-20(19)24)23-28-27-22(29-23)16-6-4-3-5-7-16/h3-13,21,26H,1-2H3. The molecule has 0 aliphatic heterocycles. The molecule has 146 valence electrons. The van der Waals surface area contributed by atoms with Crippen molar-refractivity contribution in [1.29, 1.82) is 0 Å². The van der Waals surface area contributed by atoms with E-state index in [1.54, 1.807) is 6.07 Å². The second-order valence-electron chi connectivity index (χ2n) is 6.85. The third-order valence-corrected chi connectivity index (χ3v) is 5.13. The van der Waals surface area contributed by atoms with Gasteiger partial charge >= 0.3 is 0 Å². The molecule has 0 fully saturated rings. The Kier molecular flexibility index (Phi) is 5.32. The van der Waals surface area contributed by atoms with E-state index in [2.05, 4.69) is 22.4 Å². The van der Waals surface area contributed by atoms with Crippen LogP contribution < -0.4 is 5.32 Å². The molecular weight excluding hydrogens is 389 g/mol. The van der Waals surface area contributed by atoms with E-state index in [1.807, 2.05) is 55.5 Å². The van der Waals surface area contributed by atoms with E-state index in [1.165, 1.54) is 17.7 Å². The van der Waals surface area contributed by atoms with Crippen molar-refractivity contribution in [1.82, 2.24) is 10.2 Å². The van der Waals surface area contributed by atoms with E-state index in [4.69, 9.17) is 16.0 Å². The molecule has 29 heavy (non-hydrogen) atoms. The van der Waals surface area contributed by atoms with E-state index in [0.717, 1.165) is 16.8 Å². The molecule has 1 heterocycles. The normalized spacial score (nSPS) is 12.0. The molecule has 0 spiro atoms. The van der Waals surface area contributed by atoms with Crippen molar-refractivity contribution in [2.24, 2.45) is 0 Å². The summed E-state index contributed by atoms with van der Waals surface area (Å²) in [7, 11) is 0. The number of anilines is 1. The zero-order valence-electron chi connectivity index (χ0n) is 16.0. The number of nitrogens with one attached hydrogen (secondary N) is 1. The van der Waals surface area contributed by atoms with Crippen LogP contribution in [-0.2, 0) is 0 Å². The van der Waals surface area contributed by atoms with Gasteiger partial charge < -0.3 is 9.73 Å². The zero-order valence-corrected chi connectivity index (χ0v) is 16.7. The zero-order chi connectivity index (χ0) is 20.4. The molecule has 4 aromatic rings. The number of nitrogens with zero attached hydrogens (tertiary/aromatic N) is 2. The number of aryl methyl sites for hydroxylation is 2. The molecule has 3 aromatic carbocycles. The number of hydrogen-bond donors (Lipinski definition) is 1. The SMILES string of the molecule is Cc1ccc(NC(c2nnc(-c3ccccc3)o2)c2ccc(F)cc2Cl)cc1C. The first-order chi connectivity index (χ1) is 14.0. The summed E-state index contributed by atoms with van der Waals surface area (Å²) < 4.78 is 19.6. The van der Waals surface area contributed by atoms with Crippen LogP contribution in [0.4, 0.5) is 10.1 Å². The number of rotatable bonds is 5. The number of benzene rings is 3. The molecule has 6 heteroatoms. The van der Waals surface area contributed by atoms with E-state index in [9.17, 15) is 4.39 Å². The molecular formula is C23H19ClFN3O. The van der Waals surface area contributed by atoms with E-state index in [-0.39, 0.29) is 5.02 Å². The fourth-order valence-electron chi connectivity index (χ4n) is 3.05. The Bertz CT molecular complexity index is 1140. The first kappa shape index (κ1) is 19.2. The van der Waals surface area contributed by atoms with Crippen LogP contribution in [0, 0.1) is 19.7 Å². The van der Waals surface area contributed by atoms with Crippen molar-refractivity contribution < 1.29 is 8.81 Å². The molecule has 0 amide bonds. The molecule has 0 aliphatic rings. The van der Waals surface area contributed by atoms with E-state index < -0.39 is 11.9 Å². The van der Waals surface area contributed by atoms with Gasteiger partial charge in [-0.15, -0.1) is 10.2 Å². The Morgan fingerprint density at radius 2 is 1.72 bits per heavy atom. The van der Waals surface area contributed by atoms with Crippen LogP contribution >= 0.6 is 11.6 Å². The predicted molar refractivity (Wildman–Crippen MR) is 113 cm³/mol. The highest BCUT2D eigenvalue weighted by atomic mass is 35.5. The van der Waals surface area contributed by atoms with Gasteiger partial charge in [-0.3, -0.25) is 0 Å². The smallest absolute Gasteiger partial charge is 0.247 e. The Balaban J connectivity index is 1.76. The van der Waals surface area contributed by atoms with Crippen LogP contribution in [0.15, 0.2) is 71.1 Å². The first-order valence-electron chi connectivity index (χ1n) is 9.19. The van der Waals surface area contributed by atoms with Crippen molar-refractivity contribution >= 4 is 17.3 Å². The van der Waals surface area contributed by atoms with Crippen molar-refractivity contribution in [3.8, 4) is 11.5 Å². The van der Waals surface area contributed by atoms with Crippen molar-refractivity contribution in [2.45, 2.75) is 19.9 Å². The third kappa shape index (κ3) is 4.15. The fourth-order valence-corrected chi connectivity index (χ4v) is 3.33. The van der Waals surface area contributed by atoms with Gasteiger partial charge in [0.1, 0.15) is 11.9 Å². The summed E-state index contributed by atoms with van der Waals surface area (Å²) in [6.07, 6.45) is 0. The molecule has 1 atom stereocenters. The van der Waals surface area contributed by atoms with Crippen molar-refractivity contribution in [3.05, 3.63) is 100 Å². The third-order valence-electron chi connectivity index (χ3n) is 4.80. The van der Waals surface area contributed by atoms with Gasteiger partial charge in [0.15, 0.2) is 0 Å². The van der Waals surface area contributed by atoms with Gasteiger partial charge in [-0.1, -0.05) is 41.9 Å². The summed E-state index contributed by atoms with van der Waals surface area (Å²) in [5.74, 6) is 0.348. The maximum Gasteiger partial charge on any atom is 0.247 e. The Labute approximate surface area is 173 Å². The van der Waals surface area contributed by atoms with Gasteiger partial charge in [0, 0.05) is 21.8 Å². The van der Waals surface area contributed by atoms with Crippen LogP contribution in [0.2, 0.25) is 5.02 Å². The van der Waals surface area contributed by atoms with Gasteiger partial charge in [0.25, 0.3) is 0 Å². The van der Waals surface area contributed by atoms with Gasteiger partial charge in [-0.25, -0.2) is 4.39 Å². The average Bonchev–Trinajstić information content (AvgIpc) is 3.20. The Morgan fingerprint density at radius 3 is 2.45 bits per heavy atom. The van der Waals surface area contributed by atoms with Gasteiger partial charge in [0.05, 0.1) is 0 Å². The highest BCUT2D eigenvalue weighted by Gasteiger charge is 2.24. The lowest BCUT2D eigenvalue weighted by atomic mass is 10.0. The van der Waals surface area contributed by atoms with Crippen LogP contribution in [0.1, 0.15) is 28.6 Å². The van der Waals surface area contributed by atoms with E-state index in [0.29, 0.717) is 17.3 Å². The van der Waals surface area contributed by atoms with Crippen molar-refractivity contribution in [3.63, 3.8) is 0 Å². The quantitative estimate of drug-likeness (QED) is 0.419. The summed E-state index contributed by atoms with van der Waals surface area (Å²) in [4.78, 5) is 0. The van der Waals surface area contributed by atoms with Gasteiger partial charge in [-0.2, -0.15) is 0 Å². The summed E-state index contributed by atoms with van der Waals surface area (Å²) in [6.45, 7) is 4.10. The monoisotopic (exact) mass is 407 g/mol. The van der Waals surface area contributed by atoms with Gasteiger partial charge in [0.2, 0.25) is 11.8 Å². The number of halogens is 2. The highest BCUT2D eigenvalue weighted by Crippen LogP contribution is 2.33. The lowest BCUT2D eigenvalue weighted by Gasteiger charge is -2.19. The maximum absolute atomic E-state index is 13.6. The second kappa shape index (κ2) is 8.05. The average molecular weight is 408 g/mol. The summed E-state index contributed by atoms with van der Waals surface area (Å²) in [5, 5.41) is 12.1. The Morgan fingerprint density at radius 1 is 0.931 bits per heavy atom. The Hall–Kier alpha value is -3.18. The molecule has 4 rings (SSSR count).